The molecule has 0 saturated carbocycles. The Morgan fingerprint density at radius 3 is 2.68 bits per heavy atom. The van der Waals surface area contributed by atoms with Crippen LogP contribution in [0, 0.1) is 13.8 Å². The first-order valence-electron chi connectivity index (χ1n) is 8.24. The predicted molar refractivity (Wildman–Crippen MR) is 99.5 cm³/mol. The van der Waals surface area contributed by atoms with Crippen LogP contribution in [-0.2, 0) is 17.8 Å². The molecule has 0 fully saturated rings. The summed E-state index contributed by atoms with van der Waals surface area (Å²) >= 11 is 0. The number of fused-ring (bicyclic) bond motifs is 1. The number of nitrogens with two attached hydrogens (primary N) is 1. The van der Waals surface area contributed by atoms with Gasteiger partial charge in [-0.25, -0.2) is 5.84 Å². The van der Waals surface area contributed by atoms with Gasteiger partial charge in [0.05, 0.1) is 13.5 Å². The summed E-state index contributed by atoms with van der Waals surface area (Å²) in [6.07, 6.45) is 0.243. The molecule has 0 aliphatic heterocycles. The lowest BCUT2D eigenvalue weighted by Crippen LogP contribution is -2.31. The van der Waals surface area contributed by atoms with E-state index in [1.165, 1.54) is 11.1 Å². The van der Waals surface area contributed by atoms with Gasteiger partial charge in [-0.2, -0.15) is 0 Å². The number of rotatable bonds is 5. The lowest BCUT2D eigenvalue weighted by molar-refractivity contribution is -0.120. The van der Waals surface area contributed by atoms with Crippen molar-refractivity contribution in [1.82, 2.24) is 9.99 Å². The highest BCUT2D eigenvalue weighted by Gasteiger charge is 2.17. The van der Waals surface area contributed by atoms with E-state index >= 15 is 0 Å². The Bertz CT molecular complexity index is 928. The van der Waals surface area contributed by atoms with Gasteiger partial charge in [0.25, 0.3) is 0 Å². The molecule has 1 heterocycles. The van der Waals surface area contributed by atoms with E-state index in [0.717, 1.165) is 34.5 Å². The number of amides is 1. The van der Waals surface area contributed by atoms with Crippen LogP contribution >= 0.6 is 0 Å². The van der Waals surface area contributed by atoms with Crippen molar-refractivity contribution in [2.24, 2.45) is 5.84 Å². The minimum atomic E-state index is -0.208. The highest BCUT2D eigenvalue weighted by Crippen LogP contribution is 2.30. The number of hydrazine groups is 1. The van der Waals surface area contributed by atoms with Gasteiger partial charge in [-0.15, -0.1) is 0 Å². The standard InChI is InChI=1S/C20H23N3O2/c1-13-5-4-6-15(9-13)12-23-14(2)17(11-20(24)22-21)18-10-16(25-3)7-8-19(18)23/h4-10H,11-12,21H2,1-3H3,(H,22,24). The predicted octanol–water partition coefficient (Wildman–Crippen LogP) is 2.85. The molecule has 2 aromatic carbocycles. The second-order valence-corrected chi connectivity index (χ2v) is 6.27. The highest BCUT2D eigenvalue weighted by atomic mass is 16.5. The number of nitrogens with one attached hydrogen (secondary N) is 1. The third kappa shape index (κ3) is 3.37. The molecular formula is C20H23N3O2. The molecule has 3 aromatic rings. The topological polar surface area (TPSA) is 69.3 Å². The van der Waals surface area contributed by atoms with Crippen LogP contribution in [0.1, 0.15) is 22.4 Å². The summed E-state index contributed by atoms with van der Waals surface area (Å²) in [5, 5.41) is 1.02. The molecule has 5 nitrogen and oxygen atoms in total. The Morgan fingerprint density at radius 1 is 1.20 bits per heavy atom. The zero-order chi connectivity index (χ0) is 18.0. The number of methoxy groups -OCH3 is 1. The molecule has 0 unspecified atom stereocenters. The largest absolute Gasteiger partial charge is 0.497 e. The van der Waals surface area contributed by atoms with Crippen molar-refractivity contribution >= 4 is 16.8 Å². The third-order valence-electron chi connectivity index (χ3n) is 4.58. The molecule has 0 atom stereocenters. The van der Waals surface area contributed by atoms with Crippen molar-refractivity contribution in [3.63, 3.8) is 0 Å². The van der Waals surface area contributed by atoms with Crippen LogP contribution in [0.25, 0.3) is 10.9 Å². The summed E-state index contributed by atoms with van der Waals surface area (Å²) in [5.41, 5.74) is 7.80. The Morgan fingerprint density at radius 2 is 2.00 bits per heavy atom. The number of aryl methyl sites for hydroxylation is 1. The van der Waals surface area contributed by atoms with Crippen molar-refractivity contribution in [3.05, 3.63) is 64.8 Å². The van der Waals surface area contributed by atoms with Crippen molar-refractivity contribution < 1.29 is 9.53 Å². The van der Waals surface area contributed by atoms with Crippen molar-refractivity contribution in [2.45, 2.75) is 26.8 Å². The number of carbonyl (C=O) groups is 1. The van der Waals surface area contributed by atoms with Crippen molar-refractivity contribution in [3.8, 4) is 5.75 Å². The molecule has 5 heteroatoms. The second kappa shape index (κ2) is 6.99. The molecule has 0 bridgehead atoms. The monoisotopic (exact) mass is 337 g/mol. The summed E-state index contributed by atoms with van der Waals surface area (Å²) in [4.78, 5) is 11.9. The number of carbonyl (C=O) groups excluding carboxylic acids is 1. The molecule has 0 saturated heterocycles. The molecular weight excluding hydrogens is 314 g/mol. The minimum absolute atomic E-state index is 0.208. The zero-order valence-corrected chi connectivity index (χ0v) is 14.8. The maximum atomic E-state index is 11.9. The first-order chi connectivity index (χ1) is 12.0. The molecule has 3 N–H and O–H groups in total. The first-order valence-corrected chi connectivity index (χ1v) is 8.24. The summed E-state index contributed by atoms with van der Waals surface area (Å²) in [6.45, 7) is 4.88. The fourth-order valence-electron chi connectivity index (χ4n) is 3.29. The van der Waals surface area contributed by atoms with Gasteiger partial charge in [-0.1, -0.05) is 29.8 Å². The average molecular weight is 337 g/mol. The Balaban J connectivity index is 2.14. The van der Waals surface area contributed by atoms with Gasteiger partial charge in [0.1, 0.15) is 5.75 Å². The molecule has 130 valence electrons. The molecule has 3 rings (SSSR count). The maximum Gasteiger partial charge on any atom is 0.238 e. The fraction of sp³-hybridized carbons (Fsp3) is 0.250. The molecule has 25 heavy (non-hydrogen) atoms. The average Bonchev–Trinajstić information content (AvgIpc) is 2.86. The molecule has 0 aliphatic carbocycles. The quantitative estimate of drug-likeness (QED) is 0.427. The number of hydrogen-bond acceptors (Lipinski definition) is 3. The van der Waals surface area contributed by atoms with E-state index in [0.29, 0.717) is 0 Å². The molecule has 1 aromatic heterocycles. The van der Waals surface area contributed by atoms with E-state index in [1.807, 2.05) is 25.1 Å². The van der Waals surface area contributed by atoms with Crippen LogP contribution < -0.4 is 16.0 Å². The SMILES string of the molecule is COc1ccc2c(c1)c(CC(=O)NN)c(C)n2Cc1cccc(C)c1. The number of hydrogen-bond donors (Lipinski definition) is 2. The van der Waals surface area contributed by atoms with E-state index < -0.39 is 0 Å². The summed E-state index contributed by atoms with van der Waals surface area (Å²) < 4.78 is 7.60. The zero-order valence-electron chi connectivity index (χ0n) is 14.8. The van der Waals surface area contributed by atoms with Gasteiger partial charge in [-0.3, -0.25) is 10.2 Å². The molecule has 0 radical (unpaired) electrons. The smallest absolute Gasteiger partial charge is 0.238 e. The van der Waals surface area contributed by atoms with Crippen LogP contribution in [0.5, 0.6) is 5.75 Å². The van der Waals surface area contributed by atoms with Gasteiger partial charge in [-0.05, 0) is 43.2 Å². The van der Waals surface area contributed by atoms with Gasteiger partial charge in [0, 0.05) is 23.1 Å². The van der Waals surface area contributed by atoms with Gasteiger partial charge in [0.2, 0.25) is 5.91 Å². The van der Waals surface area contributed by atoms with Crippen molar-refractivity contribution in [1.29, 1.82) is 0 Å². The molecule has 0 spiro atoms. The highest BCUT2D eigenvalue weighted by molar-refractivity contribution is 5.91. The minimum Gasteiger partial charge on any atom is -0.497 e. The van der Waals surface area contributed by atoms with E-state index in [-0.39, 0.29) is 12.3 Å². The lowest BCUT2D eigenvalue weighted by atomic mass is 10.1. The normalized spacial score (nSPS) is 10.9. The Kier molecular flexibility index (Phi) is 4.76. The number of ether oxygens (including phenoxy) is 1. The fourth-order valence-corrected chi connectivity index (χ4v) is 3.29. The van der Waals surface area contributed by atoms with Gasteiger partial charge < -0.3 is 9.30 Å². The maximum absolute atomic E-state index is 11.9. The van der Waals surface area contributed by atoms with Gasteiger partial charge >= 0.3 is 0 Å². The third-order valence-corrected chi connectivity index (χ3v) is 4.58. The lowest BCUT2D eigenvalue weighted by Gasteiger charge is -2.10. The van der Waals surface area contributed by atoms with Crippen LogP contribution in [-0.4, -0.2) is 17.6 Å². The number of nitrogens with zero attached hydrogens (tertiary/aromatic N) is 1. The van der Waals surface area contributed by atoms with Gasteiger partial charge in [0.15, 0.2) is 0 Å². The summed E-state index contributed by atoms with van der Waals surface area (Å²) in [7, 11) is 1.64. The summed E-state index contributed by atoms with van der Waals surface area (Å²) in [5.74, 6) is 5.85. The summed E-state index contributed by atoms with van der Waals surface area (Å²) in [6, 6.07) is 14.4. The second-order valence-electron chi connectivity index (χ2n) is 6.27. The van der Waals surface area contributed by atoms with E-state index in [9.17, 15) is 4.79 Å². The number of aromatic nitrogens is 1. The van der Waals surface area contributed by atoms with E-state index in [1.54, 1.807) is 7.11 Å². The van der Waals surface area contributed by atoms with Crippen LogP contribution in [0.15, 0.2) is 42.5 Å². The first kappa shape index (κ1) is 17.0. The van der Waals surface area contributed by atoms with E-state index in [4.69, 9.17) is 10.6 Å². The Hall–Kier alpha value is -2.79. The van der Waals surface area contributed by atoms with Crippen LogP contribution in [0.2, 0.25) is 0 Å². The van der Waals surface area contributed by atoms with Crippen LogP contribution in [0.4, 0.5) is 0 Å². The van der Waals surface area contributed by atoms with Crippen LogP contribution in [0.3, 0.4) is 0 Å². The molecule has 1 amide bonds. The van der Waals surface area contributed by atoms with E-state index in [2.05, 4.69) is 41.2 Å². The molecule has 0 aliphatic rings. The Labute approximate surface area is 147 Å². The number of benzene rings is 2. The van der Waals surface area contributed by atoms with Crippen molar-refractivity contribution in [2.75, 3.05) is 7.11 Å².